The van der Waals surface area contributed by atoms with Crippen molar-refractivity contribution in [2.75, 3.05) is 5.32 Å². The van der Waals surface area contributed by atoms with Gasteiger partial charge in [-0.1, -0.05) is 5.16 Å². The number of thiazole rings is 1. The van der Waals surface area contributed by atoms with Gasteiger partial charge in [0.2, 0.25) is 0 Å². The number of aryl methyl sites for hydroxylation is 2. The molecule has 7 nitrogen and oxygen atoms in total. The molecule has 2 aromatic heterocycles. The first-order valence-corrected chi connectivity index (χ1v) is 6.35. The average molecular weight is 279 g/mol. The van der Waals surface area contributed by atoms with Gasteiger partial charge < -0.3 is 5.21 Å². The van der Waals surface area contributed by atoms with Crippen molar-refractivity contribution in [3.63, 3.8) is 0 Å². The summed E-state index contributed by atoms with van der Waals surface area (Å²) in [5.74, 6) is -0.275. The fourth-order valence-electron chi connectivity index (χ4n) is 1.53. The predicted molar refractivity (Wildman–Crippen MR) is 72.0 cm³/mol. The summed E-state index contributed by atoms with van der Waals surface area (Å²) >= 11 is 1.26. The Morgan fingerprint density at radius 2 is 2.32 bits per heavy atom. The Kier molecular flexibility index (Phi) is 3.61. The molecule has 2 heterocycles. The Hall–Kier alpha value is -2.22. The van der Waals surface area contributed by atoms with Gasteiger partial charge in [0.05, 0.1) is 5.69 Å². The molecule has 0 aromatic carbocycles. The van der Waals surface area contributed by atoms with Crippen molar-refractivity contribution >= 4 is 28.1 Å². The van der Waals surface area contributed by atoms with E-state index >= 15 is 0 Å². The molecule has 0 aliphatic rings. The van der Waals surface area contributed by atoms with E-state index in [0.29, 0.717) is 22.2 Å². The maximum atomic E-state index is 12.0. The summed E-state index contributed by atoms with van der Waals surface area (Å²) in [5.41, 5.74) is 2.16. The van der Waals surface area contributed by atoms with Crippen LogP contribution in [0.2, 0.25) is 0 Å². The Morgan fingerprint density at radius 1 is 1.58 bits per heavy atom. The molecular formula is C11H13N5O2S. The van der Waals surface area contributed by atoms with Crippen LogP contribution in [0.25, 0.3) is 0 Å². The number of carbonyl (C=O) groups is 1. The lowest BCUT2D eigenvalue weighted by molar-refractivity contribution is 0.101. The third-order valence-corrected chi connectivity index (χ3v) is 3.24. The Labute approximate surface area is 113 Å². The summed E-state index contributed by atoms with van der Waals surface area (Å²) in [7, 11) is 1.71. The van der Waals surface area contributed by atoms with Crippen LogP contribution in [-0.4, -0.2) is 31.6 Å². The zero-order valence-corrected chi connectivity index (χ0v) is 11.5. The van der Waals surface area contributed by atoms with E-state index in [1.807, 2.05) is 6.92 Å². The summed E-state index contributed by atoms with van der Waals surface area (Å²) < 4.78 is 1.51. The first-order chi connectivity index (χ1) is 9.01. The SMILES string of the molecule is CC(=NO)c1csc(NC(=O)c2cc(C)nn2C)n1. The van der Waals surface area contributed by atoms with Gasteiger partial charge in [-0.25, -0.2) is 4.98 Å². The number of aromatic nitrogens is 3. The summed E-state index contributed by atoms with van der Waals surface area (Å²) in [5, 5.41) is 20.7. The van der Waals surface area contributed by atoms with Crippen LogP contribution in [0.15, 0.2) is 16.6 Å². The Balaban J connectivity index is 2.15. The van der Waals surface area contributed by atoms with Crippen molar-refractivity contribution in [1.82, 2.24) is 14.8 Å². The number of carbonyl (C=O) groups excluding carboxylic acids is 1. The lowest BCUT2D eigenvalue weighted by Crippen LogP contribution is -2.16. The number of hydrogen-bond acceptors (Lipinski definition) is 6. The van der Waals surface area contributed by atoms with Crippen LogP contribution in [-0.2, 0) is 7.05 Å². The molecule has 0 spiro atoms. The molecule has 0 radical (unpaired) electrons. The average Bonchev–Trinajstić information content (AvgIpc) is 2.95. The number of amides is 1. The lowest BCUT2D eigenvalue weighted by Gasteiger charge is -2.01. The van der Waals surface area contributed by atoms with E-state index in [-0.39, 0.29) is 5.91 Å². The summed E-state index contributed by atoms with van der Waals surface area (Å²) in [6.45, 7) is 3.45. The predicted octanol–water partition coefficient (Wildman–Crippen LogP) is 1.64. The number of anilines is 1. The quantitative estimate of drug-likeness (QED) is 0.507. The monoisotopic (exact) mass is 279 g/mol. The Morgan fingerprint density at radius 3 is 2.89 bits per heavy atom. The van der Waals surface area contributed by atoms with Crippen LogP contribution >= 0.6 is 11.3 Å². The molecule has 0 unspecified atom stereocenters. The van der Waals surface area contributed by atoms with Crippen LogP contribution < -0.4 is 5.32 Å². The fraction of sp³-hybridized carbons (Fsp3) is 0.273. The highest BCUT2D eigenvalue weighted by atomic mass is 32.1. The number of rotatable bonds is 3. The minimum Gasteiger partial charge on any atom is -0.411 e. The van der Waals surface area contributed by atoms with Gasteiger partial charge in [-0.15, -0.1) is 11.3 Å². The second-order valence-corrected chi connectivity index (χ2v) is 4.83. The van der Waals surface area contributed by atoms with Crippen LogP contribution in [0.5, 0.6) is 0 Å². The zero-order chi connectivity index (χ0) is 14.0. The van der Waals surface area contributed by atoms with Crippen LogP contribution in [0.3, 0.4) is 0 Å². The van der Waals surface area contributed by atoms with Gasteiger partial charge in [0, 0.05) is 12.4 Å². The molecule has 0 saturated heterocycles. The largest absolute Gasteiger partial charge is 0.411 e. The highest BCUT2D eigenvalue weighted by Crippen LogP contribution is 2.17. The molecule has 0 aliphatic heterocycles. The maximum Gasteiger partial charge on any atom is 0.275 e. The van der Waals surface area contributed by atoms with E-state index in [1.54, 1.807) is 25.4 Å². The molecule has 0 bridgehead atoms. The van der Waals surface area contributed by atoms with Crippen molar-refractivity contribution < 1.29 is 10.0 Å². The smallest absolute Gasteiger partial charge is 0.275 e. The Bertz CT molecular complexity index is 643. The summed E-state index contributed by atoms with van der Waals surface area (Å²) in [6.07, 6.45) is 0. The number of nitrogens with one attached hydrogen (secondary N) is 1. The second-order valence-electron chi connectivity index (χ2n) is 3.97. The topological polar surface area (TPSA) is 92.4 Å². The fourth-order valence-corrected chi connectivity index (χ4v) is 2.28. The van der Waals surface area contributed by atoms with Gasteiger partial charge in [-0.05, 0) is 19.9 Å². The second kappa shape index (κ2) is 5.19. The molecule has 0 atom stereocenters. The molecule has 1 amide bonds. The van der Waals surface area contributed by atoms with E-state index in [9.17, 15) is 4.79 Å². The highest BCUT2D eigenvalue weighted by Gasteiger charge is 2.14. The van der Waals surface area contributed by atoms with Gasteiger partial charge >= 0.3 is 0 Å². The van der Waals surface area contributed by atoms with E-state index in [4.69, 9.17) is 5.21 Å². The first-order valence-electron chi connectivity index (χ1n) is 5.48. The van der Waals surface area contributed by atoms with Crippen molar-refractivity contribution in [3.8, 4) is 0 Å². The lowest BCUT2D eigenvalue weighted by atomic mass is 10.3. The molecule has 19 heavy (non-hydrogen) atoms. The van der Waals surface area contributed by atoms with Crippen molar-refractivity contribution in [1.29, 1.82) is 0 Å². The minimum atomic E-state index is -0.275. The standard InChI is InChI=1S/C11H13N5O2S/c1-6-4-9(16(3)14-6)10(17)13-11-12-8(5-19-11)7(2)15-18/h4-5,18H,1-3H3,(H,12,13,17). The normalized spacial score (nSPS) is 11.6. The maximum absolute atomic E-state index is 12.0. The molecule has 0 fully saturated rings. The van der Waals surface area contributed by atoms with Gasteiger partial charge in [0.25, 0.3) is 5.91 Å². The molecule has 0 saturated carbocycles. The van der Waals surface area contributed by atoms with Crippen molar-refractivity contribution in [2.24, 2.45) is 12.2 Å². The number of oxime groups is 1. The first kappa shape index (κ1) is 13.2. The molecule has 0 aliphatic carbocycles. The van der Waals surface area contributed by atoms with Gasteiger partial charge in [-0.3, -0.25) is 14.8 Å². The van der Waals surface area contributed by atoms with Crippen LogP contribution in [0.1, 0.15) is 28.8 Å². The minimum absolute atomic E-state index is 0.275. The molecule has 8 heteroatoms. The molecule has 2 rings (SSSR count). The third kappa shape index (κ3) is 2.79. The highest BCUT2D eigenvalue weighted by molar-refractivity contribution is 7.14. The van der Waals surface area contributed by atoms with E-state index < -0.39 is 0 Å². The van der Waals surface area contributed by atoms with Crippen molar-refractivity contribution in [2.45, 2.75) is 13.8 Å². The third-order valence-electron chi connectivity index (χ3n) is 2.48. The van der Waals surface area contributed by atoms with E-state index in [1.165, 1.54) is 16.0 Å². The zero-order valence-electron chi connectivity index (χ0n) is 10.7. The number of nitrogens with zero attached hydrogens (tertiary/aromatic N) is 4. The van der Waals surface area contributed by atoms with Gasteiger partial charge in [0.1, 0.15) is 17.1 Å². The summed E-state index contributed by atoms with van der Waals surface area (Å²) in [4.78, 5) is 16.2. The molecule has 100 valence electrons. The summed E-state index contributed by atoms with van der Waals surface area (Å²) in [6, 6.07) is 1.70. The van der Waals surface area contributed by atoms with Crippen LogP contribution in [0, 0.1) is 6.92 Å². The van der Waals surface area contributed by atoms with E-state index in [0.717, 1.165) is 5.69 Å². The molecular weight excluding hydrogens is 266 g/mol. The van der Waals surface area contributed by atoms with Crippen molar-refractivity contribution in [3.05, 3.63) is 28.5 Å². The molecule has 2 N–H and O–H groups in total. The van der Waals surface area contributed by atoms with Gasteiger partial charge in [0.15, 0.2) is 5.13 Å². The van der Waals surface area contributed by atoms with E-state index in [2.05, 4.69) is 20.6 Å². The van der Waals surface area contributed by atoms with Crippen LogP contribution in [0.4, 0.5) is 5.13 Å². The van der Waals surface area contributed by atoms with Gasteiger partial charge in [-0.2, -0.15) is 5.10 Å². The molecule has 2 aromatic rings. The number of hydrogen-bond donors (Lipinski definition) is 2.